The molecule has 0 aliphatic carbocycles. The van der Waals surface area contributed by atoms with Crippen LogP contribution in [-0.4, -0.2) is 77.5 Å². The standard InChI is InChI=1S/C31H51N5O7/c1-19(2)15-23(35-28(40)25(31(32)13-14-42-18-31)36-29(41)43-30(5,6)7)24(37)16-20(3)26(38)34-21(4)27(39)33-17-22-11-9-8-10-12-22/h8-12,19-21,23-25,37H,13-18,32H2,1-7H3,(H,33,39)(H,34,38)(H,35,40)(H,36,41)/t20-,21+,23+,24+,25-,31+/m1/s1. The number of carbonyl (C=O) groups excluding carboxylic acids is 4. The summed E-state index contributed by atoms with van der Waals surface area (Å²) in [6.07, 6.45) is -1.11. The van der Waals surface area contributed by atoms with Crippen LogP contribution in [0.4, 0.5) is 4.79 Å². The van der Waals surface area contributed by atoms with Crippen LogP contribution in [0.15, 0.2) is 30.3 Å². The van der Waals surface area contributed by atoms with Gasteiger partial charge in [-0.2, -0.15) is 0 Å². The maximum Gasteiger partial charge on any atom is 0.408 e. The third-order valence-electron chi connectivity index (χ3n) is 7.20. The Hall–Kier alpha value is -3.22. The second-order valence-corrected chi connectivity index (χ2v) is 13.0. The lowest BCUT2D eigenvalue weighted by atomic mass is 9.88. The second-order valence-electron chi connectivity index (χ2n) is 13.0. The number of amides is 4. The Morgan fingerprint density at radius 3 is 2.19 bits per heavy atom. The number of alkyl carbamates (subject to hydrolysis) is 1. The maximum atomic E-state index is 13.6. The van der Waals surface area contributed by atoms with Gasteiger partial charge in [0.1, 0.15) is 17.7 Å². The molecule has 12 nitrogen and oxygen atoms in total. The summed E-state index contributed by atoms with van der Waals surface area (Å²) in [6, 6.07) is 6.74. The van der Waals surface area contributed by atoms with Gasteiger partial charge in [-0.25, -0.2) is 4.79 Å². The fourth-order valence-electron chi connectivity index (χ4n) is 4.80. The van der Waals surface area contributed by atoms with Crippen molar-refractivity contribution in [3.05, 3.63) is 35.9 Å². The van der Waals surface area contributed by atoms with Gasteiger partial charge in [0.2, 0.25) is 17.7 Å². The Kier molecular flexibility index (Phi) is 13.4. The molecule has 7 N–H and O–H groups in total. The summed E-state index contributed by atoms with van der Waals surface area (Å²) < 4.78 is 10.8. The van der Waals surface area contributed by atoms with Crippen molar-refractivity contribution in [2.24, 2.45) is 17.6 Å². The molecule has 1 aliphatic heterocycles. The summed E-state index contributed by atoms with van der Waals surface area (Å²) in [7, 11) is 0. The molecule has 0 aromatic heterocycles. The smallest absolute Gasteiger partial charge is 0.408 e. The highest BCUT2D eigenvalue weighted by Gasteiger charge is 2.45. The zero-order valence-corrected chi connectivity index (χ0v) is 26.6. The Bertz CT molecular complexity index is 1070. The zero-order valence-electron chi connectivity index (χ0n) is 26.6. The van der Waals surface area contributed by atoms with Crippen LogP contribution >= 0.6 is 0 Å². The van der Waals surface area contributed by atoms with Crippen molar-refractivity contribution in [3.8, 4) is 0 Å². The van der Waals surface area contributed by atoms with Crippen LogP contribution in [0.3, 0.4) is 0 Å². The lowest BCUT2D eigenvalue weighted by molar-refractivity contribution is -0.131. The Labute approximate surface area is 255 Å². The van der Waals surface area contributed by atoms with E-state index in [-0.39, 0.29) is 24.9 Å². The van der Waals surface area contributed by atoms with Crippen molar-refractivity contribution in [1.82, 2.24) is 21.3 Å². The highest BCUT2D eigenvalue weighted by molar-refractivity contribution is 5.88. The van der Waals surface area contributed by atoms with Gasteiger partial charge in [-0.15, -0.1) is 0 Å². The molecular weight excluding hydrogens is 554 g/mol. The van der Waals surface area contributed by atoms with Gasteiger partial charge >= 0.3 is 6.09 Å². The van der Waals surface area contributed by atoms with Crippen molar-refractivity contribution >= 4 is 23.8 Å². The van der Waals surface area contributed by atoms with E-state index in [2.05, 4.69) is 21.3 Å². The van der Waals surface area contributed by atoms with Gasteiger partial charge in [-0.3, -0.25) is 14.4 Å². The van der Waals surface area contributed by atoms with E-state index in [1.54, 1.807) is 34.6 Å². The topological polar surface area (TPSA) is 181 Å². The normalized spacial score (nSPS) is 20.3. The van der Waals surface area contributed by atoms with Crippen LogP contribution in [0.25, 0.3) is 0 Å². The summed E-state index contributed by atoms with van der Waals surface area (Å²) in [5, 5.41) is 22.2. The van der Waals surface area contributed by atoms with Crippen molar-refractivity contribution in [3.63, 3.8) is 0 Å². The lowest BCUT2D eigenvalue weighted by Crippen LogP contribution is -2.66. The molecule has 1 aromatic carbocycles. The van der Waals surface area contributed by atoms with Crippen molar-refractivity contribution in [2.45, 2.75) is 110 Å². The quantitative estimate of drug-likeness (QED) is 0.185. The number of aliphatic hydroxyl groups is 1. The molecule has 0 saturated carbocycles. The van der Waals surface area contributed by atoms with E-state index in [0.29, 0.717) is 26.0 Å². The summed E-state index contributed by atoms with van der Waals surface area (Å²) in [6.45, 7) is 13.0. The molecule has 1 saturated heterocycles. The zero-order chi connectivity index (χ0) is 32.4. The predicted octanol–water partition coefficient (Wildman–Crippen LogP) is 1.74. The highest BCUT2D eigenvalue weighted by atomic mass is 16.6. The van der Waals surface area contributed by atoms with Crippen molar-refractivity contribution in [2.75, 3.05) is 13.2 Å². The molecular formula is C31H51N5O7. The molecule has 0 bridgehead atoms. The van der Waals surface area contributed by atoms with Gasteiger partial charge in [0, 0.05) is 19.1 Å². The third-order valence-corrected chi connectivity index (χ3v) is 7.20. The average Bonchev–Trinajstić information content (AvgIpc) is 3.36. The van der Waals surface area contributed by atoms with Gasteiger partial charge in [0.05, 0.1) is 24.3 Å². The number of rotatable bonds is 14. The van der Waals surface area contributed by atoms with Gasteiger partial charge < -0.3 is 41.6 Å². The Balaban J connectivity index is 2.04. The second kappa shape index (κ2) is 16.0. The molecule has 1 heterocycles. The van der Waals surface area contributed by atoms with E-state index < -0.39 is 59.2 Å². The monoisotopic (exact) mass is 605 g/mol. The first kappa shape index (κ1) is 36.0. The number of hydrogen-bond donors (Lipinski definition) is 6. The molecule has 2 rings (SSSR count). The number of aliphatic hydroxyl groups excluding tert-OH is 1. The Morgan fingerprint density at radius 2 is 1.63 bits per heavy atom. The SMILES string of the molecule is CC(C)C[C@H](NC(=O)[C@@H](NC(=O)OC(C)(C)C)[C@]1(N)CCOC1)[C@@H](O)C[C@@H](C)C(=O)N[C@@H](C)C(=O)NCc1ccccc1. The summed E-state index contributed by atoms with van der Waals surface area (Å²) >= 11 is 0. The molecule has 43 heavy (non-hydrogen) atoms. The van der Waals surface area contributed by atoms with Crippen LogP contribution in [0, 0.1) is 11.8 Å². The van der Waals surface area contributed by atoms with Gasteiger partial charge in [0.15, 0.2) is 0 Å². The van der Waals surface area contributed by atoms with Crippen LogP contribution < -0.4 is 27.0 Å². The first-order valence-electron chi connectivity index (χ1n) is 15.0. The van der Waals surface area contributed by atoms with Crippen molar-refractivity contribution in [1.29, 1.82) is 0 Å². The largest absolute Gasteiger partial charge is 0.444 e. The first-order valence-corrected chi connectivity index (χ1v) is 15.0. The molecule has 0 unspecified atom stereocenters. The number of nitrogens with two attached hydrogens (primary N) is 1. The van der Waals surface area contributed by atoms with E-state index in [1.807, 2.05) is 44.2 Å². The Morgan fingerprint density at radius 1 is 0.977 bits per heavy atom. The van der Waals surface area contributed by atoms with Crippen molar-refractivity contribution < 1.29 is 33.8 Å². The number of hydrogen-bond acceptors (Lipinski definition) is 8. The summed E-state index contributed by atoms with van der Waals surface area (Å²) in [5.41, 5.74) is 5.50. The first-order chi connectivity index (χ1) is 20.0. The average molecular weight is 606 g/mol. The van der Waals surface area contributed by atoms with Crippen LogP contribution in [-0.2, 0) is 30.4 Å². The number of benzene rings is 1. The fraction of sp³-hybridized carbons (Fsp3) is 0.677. The molecule has 1 fully saturated rings. The maximum absolute atomic E-state index is 13.6. The fourth-order valence-corrected chi connectivity index (χ4v) is 4.80. The van der Waals surface area contributed by atoms with Crippen LogP contribution in [0.1, 0.15) is 73.3 Å². The van der Waals surface area contributed by atoms with E-state index in [4.69, 9.17) is 15.2 Å². The molecule has 1 aliphatic rings. The van der Waals surface area contributed by atoms with E-state index >= 15 is 0 Å². The van der Waals surface area contributed by atoms with Gasteiger partial charge in [0.25, 0.3) is 0 Å². The number of carbonyl (C=O) groups is 4. The number of ether oxygens (including phenoxy) is 2. The molecule has 242 valence electrons. The van der Waals surface area contributed by atoms with Crippen LogP contribution in [0.5, 0.6) is 0 Å². The molecule has 1 aromatic rings. The van der Waals surface area contributed by atoms with Gasteiger partial charge in [-0.05, 0) is 58.4 Å². The minimum absolute atomic E-state index is 0.0306. The molecule has 12 heteroatoms. The minimum Gasteiger partial charge on any atom is -0.444 e. The molecule has 6 atom stereocenters. The third kappa shape index (κ3) is 12.1. The van der Waals surface area contributed by atoms with E-state index in [9.17, 15) is 24.3 Å². The molecule has 4 amide bonds. The van der Waals surface area contributed by atoms with E-state index in [1.165, 1.54) is 0 Å². The lowest BCUT2D eigenvalue weighted by Gasteiger charge is -2.35. The number of nitrogens with one attached hydrogen (secondary N) is 4. The summed E-state index contributed by atoms with van der Waals surface area (Å²) in [5.74, 6) is -1.87. The van der Waals surface area contributed by atoms with E-state index in [0.717, 1.165) is 5.56 Å². The molecule has 0 spiro atoms. The predicted molar refractivity (Wildman–Crippen MR) is 163 cm³/mol. The minimum atomic E-state index is -1.18. The van der Waals surface area contributed by atoms with Gasteiger partial charge in [-0.1, -0.05) is 51.1 Å². The highest BCUT2D eigenvalue weighted by Crippen LogP contribution is 2.22. The van der Waals surface area contributed by atoms with Crippen LogP contribution in [0.2, 0.25) is 0 Å². The molecule has 0 radical (unpaired) electrons. The summed E-state index contributed by atoms with van der Waals surface area (Å²) in [4.78, 5) is 51.6.